The molecule has 0 aromatic heterocycles. The molecule has 1 N–H and O–H groups in total. The molecule has 1 aromatic carbocycles. The van der Waals surface area contributed by atoms with Crippen molar-refractivity contribution in [3.63, 3.8) is 0 Å². The molecule has 3 unspecified atom stereocenters. The van der Waals surface area contributed by atoms with E-state index in [1.165, 1.54) is 19.1 Å². The molecule has 106 valence electrons. The molecule has 1 aromatic rings. The highest BCUT2D eigenvalue weighted by Gasteiger charge is 2.26. The summed E-state index contributed by atoms with van der Waals surface area (Å²) in [5.41, 5.74) is 0.747. The summed E-state index contributed by atoms with van der Waals surface area (Å²) < 4.78 is 23.6. The van der Waals surface area contributed by atoms with Crippen LogP contribution in [-0.2, 0) is 9.84 Å². The van der Waals surface area contributed by atoms with Gasteiger partial charge < -0.3 is 5.32 Å². The molecule has 1 fully saturated rings. The van der Waals surface area contributed by atoms with Crippen molar-refractivity contribution in [2.45, 2.75) is 44.0 Å². The van der Waals surface area contributed by atoms with Crippen molar-refractivity contribution in [2.75, 3.05) is 11.6 Å². The van der Waals surface area contributed by atoms with E-state index >= 15 is 0 Å². The molecule has 3 atom stereocenters. The van der Waals surface area contributed by atoms with Crippen LogP contribution in [-0.4, -0.2) is 20.7 Å². The molecule has 2 rings (SSSR count). The van der Waals surface area contributed by atoms with Crippen LogP contribution in [0.4, 0.5) is 5.69 Å². The highest BCUT2D eigenvalue weighted by atomic mass is 32.2. The Morgan fingerprint density at radius 3 is 2.47 bits per heavy atom. The fraction of sp³-hybridized carbons (Fsp3) is 0.600. The summed E-state index contributed by atoms with van der Waals surface area (Å²) in [6, 6.07) is 7.56. The third-order valence-corrected chi connectivity index (χ3v) is 5.21. The summed E-state index contributed by atoms with van der Waals surface area (Å²) in [4.78, 5) is 0.404. The predicted molar refractivity (Wildman–Crippen MR) is 79.1 cm³/mol. The Morgan fingerprint density at radius 1 is 1.16 bits per heavy atom. The largest absolute Gasteiger partial charge is 0.381 e. The van der Waals surface area contributed by atoms with Crippen LogP contribution in [0.25, 0.3) is 0 Å². The SMILES string of the molecule is CC1CCC(Nc2ccccc2S(C)(=O)=O)C(C)C1. The Morgan fingerprint density at radius 2 is 1.84 bits per heavy atom. The smallest absolute Gasteiger partial charge is 0.177 e. The van der Waals surface area contributed by atoms with Crippen molar-refractivity contribution in [3.05, 3.63) is 24.3 Å². The van der Waals surface area contributed by atoms with Crippen molar-refractivity contribution >= 4 is 15.5 Å². The molecule has 0 heterocycles. The van der Waals surface area contributed by atoms with Gasteiger partial charge in [0.25, 0.3) is 0 Å². The van der Waals surface area contributed by atoms with E-state index in [1.807, 2.05) is 12.1 Å². The van der Waals surface area contributed by atoms with Gasteiger partial charge in [0.2, 0.25) is 0 Å². The van der Waals surface area contributed by atoms with Crippen LogP contribution in [0.3, 0.4) is 0 Å². The Bertz CT molecular complexity index is 539. The second-order valence-corrected chi connectivity index (χ2v) is 7.90. The molecule has 0 aliphatic heterocycles. The first kappa shape index (κ1) is 14.4. The minimum Gasteiger partial charge on any atom is -0.381 e. The summed E-state index contributed by atoms with van der Waals surface area (Å²) in [7, 11) is -3.17. The topological polar surface area (TPSA) is 46.2 Å². The van der Waals surface area contributed by atoms with Gasteiger partial charge in [-0.25, -0.2) is 8.42 Å². The van der Waals surface area contributed by atoms with E-state index < -0.39 is 9.84 Å². The highest BCUT2D eigenvalue weighted by Crippen LogP contribution is 2.32. The molecule has 3 nitrogen and oxygen atoms in total. The van der Waals surface area contributed by atoms with Gasteiger partial charge >= 0.3 is 0 Å². The molecule has 1 aliphatic carbocycles. The van der Waals surface area contributed by atoms with Crippen LogP contribution in [0.2, 0.25) is 0 Å². The first-order valence-electron chi connectivity index (χ1n) is 6.93. The maximum Gasteiger partial charge on any atom is 0.177 e. The summed E-state index contributed by atoms with van der Waals surface area (Å²) in [5.74, 6) is 1.36. The number of rotatable bonds is 3. The van der Waals surface area contributed by atoms with Crippen LogP contribution in [0.15, 0.2) is 29.2 Å². The average molecular weight is 281 g/mol. The summed E-state index contributed by atoms with van der Waals surface area (Å²) >= 11 is 0. The molecule has 1 saturated carbocycles. The first-order chi connectivity index (χ1) is 8.88. The van der Waals surface area contributed by atoms with E-state index in [0.717, 1.165) is 18.0 Å². The maximum atomic E-state index is 11.8. The molecule has 0 radical (unpaired) electrons. The molecule has 4 heteroatoms. The van der Waals surface area contributed by atoms with E-state index in [2.05, 4.69) is 19.2 Å². The lowest BCUT2D eigenvalue weighted by molar-refractivity contribution is 0.276. The molecular weight excluding hydrogens is 258 g/mol. The zero-order chi connectivity index (χ0) is 14.0. The number of hydrogen-bond donors (Lipinski definition) is 1. The van der Waals surface area contributed by atoms with Gasteiger partial charge in [-0.3, -0.25) is 0 Å². The fourth-order valence-electron chi connectivity index (χ4n) is 2.99. The Kier molecular flexibility index (Phi) is 4.19. The van der Waals surface area contributed by atoms with Crippen molar-refractivity contribution < 1.29 is 8.42 Å². The number of benzene rings is 1. The predicted octanol–water partition coefficient (Wildman–Crippen LogP) is 3.33. The van der Waals surface area contributed by atoms with Gasteiger partial charge in [0, 0.05) is 12.3 Å². The second kappa shape index (κ2) is 5.53. The van der Waals surface area contributed by atoms with Gasteiger partial charge in [-0.05, 0) is 43.2 Å². The molecule has 0 spiro atoms. The lowest BCUT2D eigenvalue weighted by Gasteiger charge is -2.34. The Labute approximate surface area is 116 Å². The monoisotopic (exact) mass is 281 g/mol. The Balaban J connectivity index is 2.20. The summed E-state index contributed by atoms with van der Waals surface area (Å²) in [5, 5.41) is 3.45. The molecule has 0 amide bonds. The molecular formula is C15H23NO2S. The normalized spacial score (nSPS) is 28.1. The summed E-state index contributed by atoms with van der Waals surface area (Å²) in [6.07, 6.45) is 4.79. The third-order valence-electron chi connectivity index (χ3n) is 4.06. The maximum absolute atomic E-state index is 11.8. The molecule has 19 heavy (non-hydrogen) atoms. The number of sulfone groups is 1. The molecule has 1 aliphatic rings. The van der Waals surface area contributed by atoms with E-state index in [1.54, 1.807) is 12.1 Å². The van der Waals surface area contributed by atoms with Crippen LogP contribution in [0, 0.1) is 11.8 Å². The standard InChI is InChI=1S/C15H23NO2S/c1-11-8-9-13(12(2)10-11)16-14-6-4-5-7-15(14)19(3,17)18/h4-7,11-13,16H,8-10H2,1-3H3. The number of hydrogen-bond acceptors (Lipinski definition) is 3. The summed E-state index contributed by atoms with van der Waals surface area (Å²) in [6.45, 7) is 4.54. The minimum atomic E-state index is -3.17. The van der Waals surface area contributed by atoms with E-state index in [9.17, 15) is 8.42 Å². The fourth-order valence-corrected chi connectivity index (χ4v) is 3.84. The minimum absolute atomic E-state index is 0.374. The van der Waals surface area contributed by atoms with Gasteiger partial charge in [0.1, 0.15) is 0 Å². The first-order valence-corrected chi connectivity index (χ1v) is 8.82. The lowest BCUT2D eigenvalue weighted by Crippen LogP contribution is -2.33. The number of nitrogens with one attached hydrogen (secondary N) is 1. The zero-order valence-corrected chi connectivity index (χ0v) is 12.7. The number of anilines is 1. The van der Waals surface area contributed by atoms with Crippen LogP contribution in [0.5, 0.6) is 0 Å². The van der Waals surface area contributed by atoms with Crippen molar-refractivity contribution in [1.29, 1.82) is 0 Å². The van der Waals surface area contributed by atoms with E-state index in [-0.39, 0.29) is 0 Å². The number of para-hydroxylation sites is 1. The van der Waals surface area contributed by atoms with E-state index in [0.29, 0.717) is 16.9 Å². The van der Waals surface area contributed by atoms with Crippen molar-refractivity contribution in [2.24, 2.45) is 11.8 Å². The van der Waals surface area contributed by atoms with Gasteiger partial charge in [-0.2, -0.15) is 0 Å². The lowest BCUT2D eigenvalue weighted by atomic mass is 9.80. The van der Waals surface area contributed by atoms with Gasteiger partial charge in [-0.15, -0.1) is 0 Å². The zero-order valence-electron chi connectivity index (χ0n) is 11.9. The highest BCUT2D eigenvalue weighted by molar-refractivity contribution is 7.90. The second-order valence-electron chi connectivity index (χ2n) is 5.91. The van der Waals surface area contributed by atoms with Gasteiger partial charge in [-0.1, -0.05) is 26.0 Å². The van der Waals surface area contributed by atoms with Gasteiger partial charge in [0.05, 0.1) is 10.6 Å². The average Bonchev–Trinajstić information content (AvgIpc) is 2.32. The van der Waals surface area contributed by atoms with Crippen molar-refractivity contribution in [3.8, 4) is 0 Å². The van der Waals surface area contributed by atoms with Crippen LogP contribution < -0.4 is 5.32 Å². The molecule has 0 bridgehead atoms. The Hall–Kier alpha value is -1.03. The van der Waals surface area contributed by atoms with E-state index in [4.69, 9.17) is 0 Å². The third kappa shape index (κ3) is 3.50. The van der Waals surface area contributed by atoms with Crippen molar-refractivity contribution in [1.82, 2.24) is 0 Å². The van der Waals surface area contributed by atoms with Crippen LogP contribution in [0.1, 0.15) is 33.1 Å². The molecule has 0 saturated heterocycles. The van der Waals surface area contributed by atoms with Crippen LogP contribution >= 0.6 is 0 Å². The van der Waals surface area contributed by atoms with Gasteiger partial charge in [0.15, 0.2) is 9.84 Å². The quantitative estimate of drug-likeness (QED) is 0.924.